The van der Waals surface area contributed by atoms with E-state index in [0.717, 1.165) is 12.0 Å². The zero-order valence-corrected chi connectivity index (χ0v) is 15.2. The number of hydrogen-bond acceptors (Lipinski definition) is 6. The van der Waals surface area contributed by atoms with Gasteiger partial charge in [0.05, 0.1) is 18.3 Å². The minimum absolute atomic E-state index is 0.0348. The Balaban J connectivity index is 1.98. The molecule has 0 radical (unpaired) electrons. The van der Waals surface area contributed by atoms with Gasteiger partial charge in [-0.05, 0) is 25.5 Å². The highest BCUT2D eigenvalue weighted by Gasteiger charge is 2.41. The molecule has 8 heteroatoms. The predicted octanol–water partition coefficient (Wildman–Crippen LogP) is 1.10. The van der Waals surface area contributed by atoms with Crippen molar-refractivity contribution in [2.45, 2.75) is 18.9 Å². The summed E-state index contributed by atoms with van der Waals surface area (Å²) in [4.78, 5) is 34.6. The number of nitrogens with two attached hydrogens (primary N) is 1. The molecule has 26 heavy (non-hydrogen) atoms. The van der Waals surface area contributed by atoms with Crippen molar-refractivity contribution in [3.05, 3.63) is 46.8 Å². The Kier molecular flexibility index (Phi) is 4.78. The quantitative estimate of drug-likeness (QED) is 0.882. The van der Waals surface area contributed by atoms with Crippen LogP contribution >= 0.6 is 0 Å². The van der Waals surface area contributed by atoms with E-state index in [1.165, 1.54) is 17.7 Å². The standard InChI is InChI=1S/C18H23N5O3/c1-18(19,13-6-9-23(11-13)17(25)26-3)16-21-14(10-15(24)22(16)2)12-4-7-20-8-5-12/h4-5,7-8,10,13H,6,9,11,19H2,1-3H3. The molecule has 2 unspecified atom stereocenters. The molecule has 0 aromatic carbocycles. The number of hydrogen-bond donors (Lipinski definition) is 1. The lowest BCUT2D eigenvalue weighted by Crippen LogP contribution is -2.47. The number of pyridine rings is 1. The van der Waals surface area contributed by atoms with E-state index in [2.05, 4.69) is 9.97 Å². The minimum atomic E-state index is -0.875. The van der Waals surface area contributed by atoms with Crippen LogP contribution in [0.3, 0.4) is 0 Å². The van der Waals surface area contributed by atoms with E-state index in [1.54, 1.807) is 36.5 Å². The molecule has 0 aliphatic carbocycles. The first-order valence-corrected chi connectivity index (χ1v) is 8.45. The summed E-state index contributed by atoms with van der Waals surface area (Å²) in [6, 6.07) is 5.09. The second kappa shape index (κ2) is 6.87. The van der Waals surface area contributed by atoms with Gasteiger partial charge in [0.1, 0.15) is 5.82 Å². The molecule has 3 rings (SSSR count). The van der Waals surface area contributed by atoms with Crippen molar-refractivity contribution in [2.75, 3.05) is 20.2 Å². The lowest BCUT2D eigenvalue weighted by Gasteiger charge is -2.32. The van der Waals surface area contributed by atoms with E-state index in [0.29, 0.717) is 24.6 Å². The third-order valence-corrected chi connectivity index (χ3v) is 5.06. The van der Waals surface area contributed by atoms with E-state index in [1.807, 2.05) is 6.92 Å². The first kappa shape index (κ1) is 18.1. The van der Waals surface area contributed by atoms with Gasteiger partial charge in [0.15, 0.2) is 0 Å². The third kappa shape index (κ3) is 3.20. The van der Waals surface area contributed by atoms with Gasteiger partial charge in [0.25, 0.3) is 5.56 Å². The third-order valence-electron chi connectivity index (χ3n) is 5.06. The first-order valence-electron chi connectivity index (χ1n) is 8.45. The van der Waals surface area contributed by atoms with Gasteiger partial charge in [0.2, 0.25) is 0 Å². The highest BCUT2D eigenvalue weighted by atomic mass is 16.5. The topological polar surface area (TPSA) is 103 Å². The number of likely N-dealkylation sites (tertiary alicyclic amines) is 1. The van der Waals surface area contributed by atoms with Gasteiger partial charge in [-0.2, -0.15) is 0 Å². The van der Waals surface area contributed by atoms with Crippen molar-refractivity contribution < 1.29 is 9.53 Å². The summed E-state index contributed by atoms with van der Waals surface area (Å²) in [5, 5.41) is 0. The van der Waals surface area contributed by atoms with Crippen molar-refractivity contribution in [1.82, 2.24) is 19.4 Å². The number of nitrogens with zero attached hydrogens (tertiary/aromatic N) is 4. The summed E-state index contributed by atoms with van der Waals surface area (Å²) in [6.07, 6.45) is 3.66. The smallest absolute Gasteiger partial charge is 0.409 e. The fourth-order valence-corrected chi connectivity index (χ4v) is 3.42. The monoisotopic (exact) mass is 357 g/mol. The van der Waals surface area contributed by atoms with Gasteiger partial charge in [0, 0.05) is 50.1 Å². The van der Waals surface area contributed by atoms with E-state index < -0.39 is 5.54 Å². The molecule has 1 amide bonds. The number of rotatable bonds is 3. The molecular weight excluding hydrogens is 334 g/mol. The maximum absolute atomic E-state index is 12.5. The molecule has 0 spiro atoms. The second-order valence-corrected chi connectivity index (χ2v) is 6.78. The first-order chi connectivity index (χ1) is 12.3. The largest absolute Gasteiger partial charge is 0.453 e. The van der Waals surface area contributed by atoms with E-state index in [-0.39, 0.29) is 17.6 Å². The zero-order valence-electron chi connectivity index (χ0n) is 15.2. The van der Waals surface area contributed by atoms with Crippen LogP contribution in [0.1, 0.15) is 19.2 Å². The molecule has 0 bridgehead atoms. The molecule has 2 N–H and O–H groups in total. The second-order valence-electron chi connectivity index (χ2n) is 6.78. The van der Waals surface area contributed by atoms with Gasteiger partial charge < -0.3 is 15.4 Å². The predicted molar refractivity (Wildman–Crippen MR) is 96.3 cm³/mol. The van der Waals surface area contributed by atoms with Crippen LogP contribution < -0.4 is 11.3 Å². The summed E-state index contributed by atoms with van der Waals surface area (Å²) in [7, 11) is 3.03. The lowest BCUT2D eigenvalue weighted by atomic mass is 9.84. The highest BCUT2D eigenvalue weighted by molar-refractivity contribution is 5.67. The van der Waals surface area contributed by atoms with Gasteiger partial charge in [-0.15, -0.1) is 0 Å². The number of carbonyl (C=O) groups excluding carboxylic acids is 1. The summed E-state index contributed by atoms with van der Waals surface area (Å²) in [5.41, 5.74) is 6.96. The summed E-state index contributed by atoms with van der Waals surface area (Å²) in [5.74, 6) is 0.459. The van der Waals surface area contributed by atoms with E-state index in [4.69, 9.17) is 10.5 Å². The Morgan fingerprint density at radius 1 is 1.38 bits per heavy atom. The van der Waals surface area contributed by atoms with E-state index >= 15 is 0 Å². The van der Waals surface area contributed by atoms with Crippen LogP contribution in [-0.4, -0.2) is 45.7 Å². The van der Waals surface area contributed by atoms with Gasteiger partial charge in [-0.25, -0.2) is 9.78 Å². The average molecular weight is 357 g/mol. The Bertz CT molecular complexity index is 863. The van der Waals surface area contributed by atoms with Crippen molar-refractivity contribution in [3.63, 3.8) is 0 Å². The number of ether oxygens (including phenoxy) is 1. The average Bonchev–Trinajstić information content (AvgIpc) is 3.14. The maximum atomic E-state index is 12.5. The SMILES string of the molecule is COC(=O)N1CCC(C(C)(N)c2nc(-c3ccncc3)cc(=O)n2C)C1. The molecular formula is C18H23N5O3. The molecule has 1 saturated heterocycles. The molecule has 0 saturated carbocycles. The molecule has 138 valence electrons. The van der Waals surface area contributed by atoms with Crippen molar-refractivity contribution in [1.29, 1.82) is 0 Å². The van der Waals surface area contributed by atoms with Gasteiger partial charge >= 0.3 is 6.09 Å². The van der Waals surface area contributed by atoms with Crippen molar-refractivity contribution in [2.24, 2.45) is 18.7 Å². The highest BCUT2D eigenvalue weighted by Crippen LogP contribution is 2.33. The lowest BCUT2D eigenvalue weighted by molar-refractivity contribution is 0.129. The van der Waals surface area contributed by atoms with Crippen molar-refractivity contribution >= 4 is 6.09 Å². The van der Waals surface area contributed by atoms with Crippen LogP contribution in [0.2, 0.25) is 0 Å². The van der Waals surface area contributed by atoms with Crippen molar-refractivity contribution in [3.8, 4) is 11.3 Å². The Morgan fingerprint density at radius 2 is 2.08 bits per heavy atom. The van der Waals surface area contributed by atoms with Crippen LogP contribution in [0.4, 0.5) is 4.79 Å². The molecule has 3 heterocycles. The molecule has 8 nitrogen and oxygen atoms in total. The van der Waals surface area contributed by atoms with Crippen LogP contribution in [0.25, 0.3) is 11.3 Å². The normalized spacial score (nSPS) is 19.2. The minimum Gasteiger partial charge on any atom is -0.453 e. The summed E-state index contributed by atoms with van der Waals surface area (Å²) >= 11 is 0. The Labute approximate surface area is 151 Å². The molecule has 1 fully saturated rings. The Hall–Kier alpha value is -2.74. The van der Waals surface area contributed by atoms with Gasteiger partial charge in [-0.1, -0.05) is 0 Å². The fourth-order valence-electron chi connectivity index (χ4n) is 3.42. The molecule has 2 aromatic rings. The molecule has 2 atom stereocenters. The van der Waals surface area contributed by atoms with Crippen LogP contribution in [0.15, 0.2) is 35.4 Å². The number of carbonyl (C=O) groups is 1. The molecule has 1 aliphatic rings. The molecule has 2 aromatic heterocycles. The van der Waals surface area contributed by atoms with Crippen LogP contribution in [0.5, 0.6) is 0 Å². The fraction of sp³-hybridized carbons (Fsp3) is 0.444. The maximum Gasteiger partial charge on any atom is 0.409 e. The van der Waals surface area contributed by atoms with Crippen LogP contribution in [-0.2, 0) is 17.3 Å². The van der Waals surface area contributed by atoms with E-state index in [9.17, 15) is 9.59 Å². The number of aromatic nitrogens is 3. The van der Waals surface area contributed by atoms with Crippen LogP contribution in [0, 0.1) is 5.92 Å². The molecule has 1 aliphatic heterocycles. The number of methoxy groups -OCH3 is 1. The Morgan fingerprint density at radius 3 is 2.73 bits per heavy atom. The summed E-state index contributed by atoms with van der Waals surface area (Å²) < 4.78 is 6.27. The number of amides is 1. The summed E-state index contributed by atoms with van der Waals surface area (Å²) in [6.45, 7) is 2.90. The zero-order chi connectivity index (χ0) is 18.9. The van der Waals surface area contributed by atoms with Gasteiger partial charge in [-0.3, -0.25) is 14.3 Å².